The van der Waals surface area contributed by atoms with E-state index in [4.69, 9.17) is 21.1 Å². The molecule has 0 spiro atoms. The van der Waals surface area contributed by atoms with Crippen LogP contribution in [0.25, 0.3) is 0 Å². The standard InChI is InChI=1S/C16H14ClFN2O3/c17-13-8-11(18)4-3-10(13)9-20-16(21)23-14-5-7-22-15-12(14)2-1-6-19-15/h1-4,6,8,14H,5,7,9H2,(H,20,21). The maximum absolute atomic E-state index is 13.0. The number of nitrogens with zero attached hydrogens (tertiary/aromatic N) is 1. The molecule has 0 aliphatic carbocycles. The predicted molar refractivity (Wildman–Crippen MR) is 81.8 cm³/mol. The highest BCUT2D eigenvalue weighted by Gasteiger charge is 2.25. The van der Waals surface area contributed by atoms with E-state index in [0.717, 1.165) is 5.56 Å². The molecule has 2 aromatic rings. The number of aromatic nitrogens is 1. The van der Waals surface area contributed by atoms with E-state index in [0.29, 0.717) is 24.5 Å². The number of rotatable bonds is 3. The van der Waals surface area contributed by atoms with Gasteiger partial charge in [0.1, 0.15) is 11.9 Å². The quantitative estimate of drug-likeness (QED) is 0.930. The number of amides is 1. The van der Waals surface area contributed by atoms with Gasteiger partial charge in [0.2, 0.25) is 5.88 Å². The molecule has 3 rings (SSSR count). The van der Waals surface area contributed by atoms with E-state index in [1.165, 1.54) is 18.2 Å². The lowest BCUT2D eigenvalue weighted by Crippen LogP contribution is -2.28. The normalized spacial score (nSPS) is 16.2. The summed E-state index contributed by atoms with van der Waals surface area (Å²) in [5.41, 5.74) is 1.35. The van der Waals surface area contributed by atoms with Crippen molar-refractivity contribution < 1.29 is 18.7 Å². The zero-order chi connectivity index (χ0) is 16.2. The number of hydrogen-bond donors (Lipinski definition) is 1. The van der Waals surface area contributed by atoms with Crippen LogP contribution in [0.15, 0.2) is 36.5 Å². The van der Waals surface area contributed by atoms with E-state index in [2.05, 4.69) is 10.3 Å². The summed E-state index contributed by atoms with van der Waals surface area (Å²) in [4.78, 5) is 16.1. The molecule has 1 amide bonds. The zero-order valence-corrected chi connectivity index (χ0v) is 12.8. The van der Waals surface area contributed by atoms with Crippen LogP contribution in [0.5, 0.6) is 5.88 Å². The molecule has 1 aliphatic rings. The van der Waals surface area contributed by atoms with Gasteiger partial charge in [0.05, 0.1) is 12.2 Å². The third-order valence-corrected chi connectivity index (χ3v) is 3.81. The van der Waals surface area contributed by atoms with Crippen molar-refractivity contribution in [3.8, 4) is 5.88 Å². The van der Waals surface area contributed by atoms with Crippen LogP contribution in [-0.2, 0) is 11.3 Å². The number of nitrogens with one attached hydrogen (secondary N) is 1. The second-order valence-electron chi connectivity index (χ2n) is 5.02. The number of fused-ring (bicyclic) bond motifs is 1. The number of carbonyl (C=O) groups excluding carboxylic acids is 1. The number of pyridine rings is 1. The van der Waals surface area contributed by atoms with Crippen LogP contribution in [0.4, 0.5) is 9.18 Å². The third-order valence-electron chi connectivity index (χ3n) is 3.45. The van der Waals surface area contributed by atoms with Gasteiger partial charge in [-0.2, -0.15) is 0 Å². The Balaban J connectivity index is 1.60. The van der Waals surface area contributed by atoms with E-state index in [1.54, 1.807) is 12.3 Å². The van der Waals surface area contributed by atoms with Gasteiger partial charge in [-0.05, 0) is 29.8 Å². The fourth-order valence-corrected chi connectivity index (χ4v) is 2.55. The second kappa shape index (κ2) is 6.83. The molecule has 1 unspecified atom stereocenters. The highest BCUT2D eigenvalue weighted by molar-refractivity contribution is 6.31. The minimum atomic E-state index is -0.577. The summed E-state index contributed by atoms with van der Waals surface area (Å²) in [7, 11) is 0. The summed E-state index contributed by atoms with van der Waals surface area (Å²) in [5, 5.41) is 2.86. The number of benzene rings is 1. The van der Waals surface area contributed by atoms with Gasteiger partial charge in [-0.3, -0.25) is 0 Å². The maximum atomic E-state index is 13.0. The average molecular weight is 337 g/mol. The Morgan fingerprint density at radius 3 is 3.17 bits per heavy atom. The van der Waals surface area contributed by atoms with Crippen molar-refractivity contribution in [1.82, 2.24) is 10.3 Å². The van der Waals surface area contributed by atoms with E-state index in [9.17, 15) is 9.18 Å². The Hall–Kier alpha value is -2.34. The van der Waals surface area contributed by atoms with Gasteiger partial charge in [-0.15, -0.1) is 0 Å². The molecule has 23 heavy (non-hydrogen) atoms. The molecule has 1 aromatic heterocycles. The van der Waals surface area contributed by atoms with Crippen molar-refractivity contribution >= 4 is 17.7 Å². The zero-order valence-electron chi connectivity index (χ0n) is 12.1. The summed E-state index contributed by atoms with van der Waals surface area (Å²) in [6.07, 6.45) is 1.20. The highest BCUT2D eigenvalue weighted by atomic mass is 35.5. The maximum Gasteiger partial charge on any atom is 0.408 e. The van der Waals surface area contributed by atoms with Crippen molar-refractivity contribution in [3.05, 3.63) is 58.5 Å². The van der Waals surface area contributed by atoms with Crippen LogP contribution in [0.2, 0.25) is 5.02 Å². The first-order chi connectivity index (χ1) is 11.1. The molecule has 7 heteroatoms. The lowest BCUT2D eigenvalue weighted by Gasteiger charge is -2.24. The van der Waals surface area contributed by atoms with Crippen molar-refractivity contribution in [2.45, 2.75) is 19.1 Å². The SMILES string of the molecule is O=C(NCc1ccc(F)cc1Cl)OC1CCOc2ncccc21. The molecule has 120 valence electrons. The number of ether oxygens (including phenoxy) is 2. The van der Waals surface area contributed by atoms with Crippen molar-refractivity contribution in [1.29, 1.82) is 0 Å². The molecule has 1 aromatic carbocycles. The lowest BCUT2D eigenvalue weighted by molar-refractivity contribution is 0.0677. The summed E-state index contributed by atoms with van der Waals surface area (Å²) in [5.74, 6) is 0.0609. The number of alkyl carbamates (subject to hydrolysis) is 1. The summed E-state index contributed by atoms with van der Waals surface area (Å²) in [6.45, 7) is 0.590. The molecular formula is C16H14ClFN2O3. The highest BCUT2D eigenvalue weighted by Crippen LogP contribution is 2.32. The Kier molecular flexibility index (Phi) is 4.62. The molecule has 0 radical (unpaired) electrons. The Labute approximate surface area is 137 Å². The number of hydrogen-bond acceptors (Lipinski definition) is 4. The van der Waals surface area contributed by atoms with Crippen LogP contribution in [0, 0.1) is 5.82 Å². The smallest absolute Gasteiger partial charge is 0.408 e. The van der Waals surface area contributed by atoms with Crippen LogP contribution in [-0.4, -0.2) is 17.7 Å². The second-order valence-corrected chi connectivity index (χ2v) is 5.43. The van der Waals surface area contributed by atoms with Gasteiger partial charge < -0.3 is 14.8 Å². The molecule has 2 heterocycles. The Bertz CT molecular complexity index is 726. The molecule has 0 saturated heterocycles. The van der Waals surface area contributed by atoms with Crippen molar-refractivity contribution in [2.75, 3.05) is 6.61 Å². The fraction of sp³-hybridized carbons (Fsp3) is 0.250. The van der Waals surface area contributed by atoms with Crippen molar-refractivity contribution in [3.63, 3.8) is 0 Å². The first kappa shape index (κ1) is 15.6. The van der Waals surface area contributed by atoms with Crippen LogP contribution in [0.3, 0.4) is 0 Å². The molecule has 0 fully saturated rings. The van der Waals surface area contributed by atoms with Gasteiger partial charge >= 0.3 is 6.09 Å². The Morgan fingerprint density at radius 2 is 2.35 bits per heavy atom. The summed E-state index contributed by atoms with van der Waals surface area (Å²) >= 11 is 5.91. The van der Waals surface area contributed by atoms with E-state index in [-0.39, 0.29) is 11.6 Å². The molecule has 0 bridgehead atoms. The minimum Gasteiger partial charge on any atom is -0.477 e. The van der Waals surface area contributed by atoms with Gasteiger partial charge in [-0.25, -0.2) is 14.2 Å². The fourth-order valence-electron chi connectivity index (χ4n) is 2.31. The molecule has 1 aliphatic heterocycles. The predicted octanol–water partition coefficient (Wildman–Crippen LogP) is 3.62. The Morgan fingerprint density at radius 1 is 1.48 bits per heavy atom. The summed E-state index contributed by atoms with van der Waals surface area (Å²) < 4.78 is 23.8. The monoisotopic (exact) mass is 336 g/mol. The third kappa shape index (κ3) is 3.71. The van der Waals surface area contributed by atoms with Gasteiger partial charge in [0.15, 0.2) is 0 Å². The average Bonchev–Trinajstić information content (AvgIpc) is 2.54. The van der Waals surface area contributed by atoms with Crippen LogP contribution in [0.1, 0.15) is 23.7 Å². The molecular weight excluding hydrogens is 323 g/mol. The summed E-state index contributed by atoms with van der Waals surface area (Å²) in [6, 6.07) is 7.58. The first-order valence-electron chi connectivity index (χ1n) is 7.09. The molecule has 5 nitrogen and oxygen atoms in total. The lowest BCUT2D eigenvalue weighted by atomic mass is 10.1. The topological polar surface area (TPSA) is 60.5 Å². The minimum absolute atomic E-state index is 0.154. The van der Waals surface area contributed by atoms with Gasteiger partial charge in [0.25, 0.3) is 0 Å². The number of halogens is 2. The van der Waals surface area contributed by atoms with E-state index < -0.39 is 18.0 Å². The van der Waals surface area contributed by atoms with Gasteiger partial charge in [0, 0.05) is 24.2 Å². The molecule has 0 saturated carbocycles. The number of carbonyl (C=O) groups is 1. The van der Waals surface area contributed by atoms with E-state index in [1.807, 2.05) is 6.07 Å². The molecule has 1 N–H and O–H groups in total. The van der Waals surface area contributed by atoms with Crippen molar-refractivity contribution in [2.24, 2.45) is 0 Å². The van der Waals surface area contributed by atoms with Crippen LogP contribution >= 0.6 is 11.6 Å². The van der Waals surface area contributed by atoms with E-state index >= 15 is 0 Å². The first-order valence-corrected chi connectivity index (χ1v) is 7.47. The largest absolute Gasteiger partial charge is 0.477 e. The van der Waals surface area contributed by atoms with Crippen LogP contribution < -0.4 is 10.1 Å². The molecule has 1 atom stereocenters. The van der Waals surface area contributed by atoms with Gasteiger partial charge in [-0.1, -0.05) is 17.7 Å².